The molecule has 5 nitrogen and oxygen atoms in total. The van der Waals surface area contributed by atoms with Gasteiger partial charge in [-0.25, -0.2) is 4.79 Å². The number of hydrogen-bond acceptors (Lipinski definition) is 3. The predicted octanol–water partition coefficient (Wildman–Crippen LogP) is 3.49. The second-order valence-corrected chi connectivity index (χ2v) is 13.3. The quantitative estimate of drug-likeness (QED) is 0.649. The Hall–Kier alpha value is -2.44. The first-order valence-corrected chi connectivity index (χ1v) is 12.8. The first-order chi connectivity index (χ1) is 12.7. The summed E-state index contributed by atoms with van der Waals surface area (Å²) in [5.74, 6) is -1.28. The van der Waals surface area contributed by atoms with E-state index in [9.17, 15) is 9.59 Å². The van der Waals surface area contributed by atoms with E-state index < -0.39 is 14.0 Å². The number of rotatable bonds is 9. The highest BCUT2D eigenvalue weighted by Crippen LogP contribution is 2.10. The molecule has 0 aromatic heterocycles. The second-order valence-electron chi connectivity index (χ2n) is 7.90. The molecule has 0 spiro atoms. The van der Waals surface area contributed by atoms with Gasteiger partial charge in [0.2, 0.25) is 0 Å². The normalized spacial score (nSPS) is 11.4. The van der Waals surface area contributed by atoms with Gasteiger partial charge in [0.25, 0.3) is 5.91 Å². The van der Waals surface area contributed by atoms with Crippen LogP contribution in [0.5, 0.6) is 0 Å². The van der Waals surface area contributed by atoms with E-state index in [1.54, 1.807) is 12.1 Å². The summed E-state index contributed by atoms with van der Waals surface area (Å²) in [5.41, 5.74) is 1.75. The fourth-order valence-electron chi connectivity index (χ4n) is 2.95. The number of aromatic carboxylic acids is 1. The van der Waals surface area contributed by atoms with E-state index in [2.05, 4.69) is 42.0 Å². The molecule has 0 saturated heterocycles. The Balaban J connectivity index is 1.94. The van der Waals surface area contributed by atoms with Gasteiger partial charge in [0, 0.05) is 25.2 Å². The average Bonchev–Trinajstić information content (AvgIpc) is 2.61. The zero-order valence-electron chi connectivity index (χ0n) is 16.2. The lowest BCUT2D eigenvalue weighted by atomic mass is 10.1. The van der Waals surface area contributed by atoms with Gasteiger partial charge in [-0.3, -0.25) is 4.79 Å². The molecule has 0 saturated carbocycles. The third kappa shape index (κ3) is 7.36. The molecule has 0 aliphatic carbocycles. The van der Waals surface area contributed by atoms with Crippen LogP contribution in [0.2, 0.25) is 19.6 Å². The van der Waals surface area contributed by atoms with Gasteiger partial charge >= 0.3 is 5.97 Å². The molecule has 0 bridgehead atoms. The zero-order chi connectivity index (χ0) is 19.9. The SMILES string of the molecule is C[Si](C)(C)CN(CCNC(=O)c1cccc(C(=O)O)c1)Cc1ccccc1. The van der Waals surface area contributed by atoms with Gasteiger partial charge in [0.15, 0.2) is 0 Å². The van der Waals surface area contributed by atoms with Crippen LogP contribution in [0.15, 0.2) is 54.6 Å². The van der Waals surface area contributed by atoms with Crippen molar-refractivity contribution >= 4 is 20.0 Å². The Morgan fingerprint density at radius 2 is 1.67 bits per heavy atom. The standard InChI is InChI=1S/C21H28N2O3Si/c1-27(2,3)16-23(15-17-8-5-4-6-9-17)13-12-22-20(24)18-10-7-11-19(14-18)21(25)26/h4-11,14H,12-13,15-16H2,1-3H3,(H,22,24)(H,25,26). The molecule has 0 aliphatic rings. The van der Waals surface area contributed by atoms with E-state index in [-0.39, 0.29) is 11.5 Å². The van der Waals surface area contributed by atoms with E-state index in [0.717, 1.165) is 19.3 Å². The first-order valence-electron chi connectivity index (χ1n) is 9.12. The van der Waals surface area contributed by atoms with Crippen LogP contribution >= 0.6 is 0 Å². The van der Waals surface area contributed by atoms with Crippen LogP contribution in [0.3, 0.4) is 0 Å². The highest BCUT2D eigenvalue weighted by molar-refractivity contribution is 6.76. The lowest BCUT2D eigenvalue weighted by Gasteiger charge is -2.29. The van der Waals surface area contributed by atoms with Crippen molar-refractivity contribution in [2.24, 2.45) is 0 Å². The summed E-state index contributed by atoms with van der Waals surface area (Å²) in [4.78, 5) is 25.8. The van der Waals surface area contributed by atoms with Crippen molar-refractivity contribution in [1.82, 2.24) is 10.2 Å². The van der Waals surface area contributed by atoms with Gasteiger partial charge in [-0.2, -0.15) is 0 Å². The largest absolute Gasteiger partial charge is 0.478 e. The number of nitrogens with one attached hydrogen (secondary N) is 1. The Morgan fingerprint density at radius 3 is 2.30 bits per heavy atom. The molecule has 144 valence electrons. The van der Waals surface area contributed by atoms with Crippen molar-refractivity contribution in [3.63, 3.8) is 0 Å². The monoisotopic (exact) mass is 384 g/mol. The molecular formula is C21H28N2O3Si. The summed E-state index contributed by atoms with van der Waals surface area (Å²) >= 11 is 0. The summed E-state index contributed by atoms with van der Waals surface area (Å²) in [6, 6.07) is 16.4. The summed E-state index contributed by atoms with van der Waals surface area (Å²) in [7, 11) is -1.29. The second kappa shape index (κ2) is 9.48. The number of amides is 1. The molecule has 2 rings (SSSR count). The van der Waals surface area contributed by atoms with Crippen molar-refractivity contribution in [2.75, 3.05) is 19.3 Å². The molecule has 2 aromatic rings. The third-order valence-corrected chi connectivity index (χ3v) is 5.43. The average molecular weight is 385 g/mol. The number of hydrogen-bond donors (Lipinski definition) is 2. The minimum Gasteiger partial charge on any atom is -0.478 e. The van der Waals surface area contributed by atoms with Crippen molar-refractivity contribution in [1.29, 1.82) is 0 Å². The van der Waals surface area contributed by atoms with E-state index in [1.807, 2.05) is 18.2 Å². The molecule has 27 heavy (non-hydrogen) atoms. The van der Waals surface area contributed by atoms with E-state index in [4.69, 9.17) is 5.11 Å². The molecule has 0 atom stereocenters. The molecular weight excluding hydrogens is 356 g/mol. The Labute approximate surface area is 162 Å². The van der Waals surface area contributed by atoms with Crippen LogP contribution in [-0.2, 0) is 6.54 Å². The molecule has 0 fully saturated rings. The summed E-state index contributed by atoms with van der Waals surface area (Å²) in [6.07, 6.45) is 1.05. The Kier molecular flexibility index (Phi) is 7.33. The molecule has 0 unspecified atom stereocenters. The summed E-state index contributed by atoms with van der Waals surface area (Å²) in [5, 5.41) is 12.0. The van der Waals surface area contributed by atoms with Crippen LogP contribution in [0.25, 0.3) is 0 Å². The van der Waals surface area contributed by atoms with Crippen LogP contribution in [-0.4, -0.2) is 49.2 Å². The van der Waals surface area contributed by atoms with Crippen molar-refractivity contribution < 1.29 is 14.7 Å². The minimum atomic E-state index is -1.29. The number of carbonyl (C=O) groups is 2. The minimum absolute atomic E-state index is 0.118. The van der Waals surface area contributed by atoms with Gasteiger partial charge < -0.3 is 15.3 Å². The molecule has 0 aliphatic heterocycles. The van der Waals surface area contributed by atoms with Gasteiger partial charge in [0.05, 0.1) is 13.6 Å². The van der Waals surface area contributed by atoms with Gasteiger partial charge in [0.1, 0.15) is 0 Å². The number of carbonyl (C=O) groups excluding carboxylic acids is 1. The van der Waals surface area contributed by atoms with Gasteiger partial charge in [-0.15, -0.1) is 0 Å². The smallest absolute Gasteiger partial charge is 0.335 e. The molecule has 6 heteroatoms. The molecule has 0 radical (unpaired) electrons. The summed E-state index contributed by atoms with van der Waals surface area (Å²) in [6.45, 7) is 9.13. The molecule has 2 aromatic carbocycles. The number of carboxylic acids is 1. The topological polar surface area (TPSA) is 69.6 Å². The first kappa shape index (κ1) is 20.9. The van der Waals surface area contributed by atoms with Crippen LogP contribution in [0, 0.1) is 0 Å². The van der Waals surface area contributed by atoms with Crippen LogP contribution in [0.1, 0.15) is 26.3 Å². The van der Waals surface area contributed by atoms with Gasteiger partial charge in [-0.1, -0.05) is 56.0 Å². The Morgan fingerprint density at radius 1 is 1.00 bits per heavy atom. The predicted molar refractivity (Wildman–Crippen MR) is 111 cm³/mol. The lowest BCUT2D eigenvalue weighted by molar-refractivity contribution is 0.0697. The highest BCUT2D eigenvalue weighted by atomic mass is 28.3. The summed E-state index contributed by atoms with van der Waals surface area (Å²) < 4.78 is 0. The Bertz CT molecular complexity index is 772. The van der Waals surface area contributed by atoms with Crippen LogP contribution < -0.4 is 5.32 Å². The van der Waals surface area contributed by atoms with Crippen molar-refractivity contribution in [3.05, 3.63) is 71.3 Å². The molecule has 0 heterocycles. The zero-order valence-corrected chi connectivity index (χ0v) is 17.2. The fraction of sp³-hybridized carbons (Fsp3) is 0.333. The van der Waals surface area contributed by atoms with E-state index in [1.165, 1.54) is 17.7 Å². The maximum atomic E-state index is 12.3. The van der Waals surface area contributed by atoms with E-state index in [0.29, 0.717) is 12.1 Å². The highest BCUT2D eigenvalue weighted by Gasteiger charge is 2.19. The fourth-order valence-corrected chi connectivity index (χ4v) is 4.56. The maximum Gasteiger partial charge on any atom is 0.335 e. The van der Waals surface area contributed by atoms with Gasteiger partial charge in [-0.05, 0) is 29.9 Å². The number of nitrogens with zero attached hydrogens (tertiary/aromatic N) is 1. The van der Waals surface area contributed by atoms with Crippen molar-refractivity contribution in [3.8, 4) is 0 Å². The number of benzene rings is 2. The van der Waals surface area contributed by atoms with Crippen LogP contribution in [0.4, 0.5) is 0 Å². The van der Waals surface area contributed by atoms with Crippen molar-refractivity contribution in [2.45, 2.75) is 26.2 Å². The molecule has 2 N–H and O–H groups in total. The third-order valence-electron chi connectivity index (χ3n) is 4.03. The maximum absolute atomic E-state index is 12.3. The molecule has 1 amide bonds. The lowest BCUT2D eigenvalue weighted by Crippen LogP contribution is -2.43. The van der Waals surface area contributed by atoms with E-state index >= 15 is 0 Å². The number of carboxylic acid groups (broad SMARTS) is 1.